The zero-order chi connectivity index (χ0) is 14.4. The molecule has 0 bridgehead atoms. The molecule has 1 aromatic carbocycles. The lowest BCUT2D eigenvalue weighted by atomic mass is 9.95. The summed E-state index contributed by atoms with van der Waals surface area (Å²) >= 11 is 1.92. The molecule has 1 aromatic rings. The van der Waals surface area contributed by atoms with Gasteiger partial charge in [0.2, 0.25) is 5.91 Å². The molecule has 0 radical (unpaired) electrons. The fourth-order valence-corrected chi connectivity index (χ4v) is 3.73. The highest BCUT2D eigenvalue weighted by atomic mass is 32.2. The van der Waals surface area contributed by atoms with Crippen LogP contribution in [0.15, 0.2) is 24.3 Å². The summed E-state index contributed by atoms with van der Waals surface area (Å²) < 4.78 is 0. The van der Waals surface area contributed by atoms with Crippen LogP contribution in [0.25, 0.3) is 0 Å². The topological polar surface area (TPSA) is 41.1 Å². The zero-order valence-electron chi connectivity index (χ0n) is 12.3. The van der Waals surface area contributed by atoms with Gasteiger partial charge >= 0.3 is 0 Å². The van der Waals surface area contributed by atoms with Gasteiger partial charge < -0.3 is 10.6 Å². The maximum absolute atomic E-state index is 12.0. The minimum atomic E-state index is 0.0426. The van der Waals surface area contributed by atoms with E-state index in [0.29, 0.717) is 17.8 Å². The van der Waals surface area contributed by atoms with E-state index in [1.54, 1.807) is 0 Å². The van der Waals surface area contributed by atoms with Crippen LogP contribution in [-0.2, 0) is 4.79 Å². The number of anilines is 1. The largest absolute Gasteiger partial charge is 0.325 e. The molecule has 1 aliphatic carbocycles. The maximum Gasteiger partial charge on any atom is 0.238 e. The van der Waals surface area contributed by atoms with E-state index < -0.39 is 0 Å². The van der Waals surface area contributed by atoms with E-state index in [1.165, 1.54) is 25.7 Å². The first-order valence-corrected chi connectivity index (χ1v) is 8.60. The molecule has 0 aromatic heterocycles. The predicted molar refractivity (Wildman–Crippen MR) is 87.4 cm³/mol. The molecule has 1 amide bonds. The highest BCUT2D eigenvalue weighted by molar-refractivity contribution is 7.99. The molecule has 0 heterocycles. The van der Waals surface area contributed by atoms with Crippen molar-refractivity contribution in [3.8, 4) is 0 Å². The van der Waals surface area contributed by atoms with Crippen molar-refractivity contribution in [3.05, 3.63) is 29.8 Å². The summed E-state index contributed by atoms with van der Waals surface area (Å²) in [7, 11) is 0. The Morgan fingerprint density at radius 1 is 1.35 bits per heavy atom. The number of hydrogen-bond donors (Lipinski definition) is 2. The number of aryl methyl sites for hydroxylation is 1. The van der Waals surface area contributed by atoms with E-state index in [2.05, 4.69) is 16.9 Å². The smallest absolute Gasteiger partial charge is 0.238 e. The van der Waals surface area contributed by atoms with Gasteiger partial charge in [0.25, 0.3) is 0 Å². The summed E-state index contributed by atoms with van der Waals surface area (Å²) in [6.45, 7) is 2.43. The minimum Gasteiger partial charge on any atom is -0.325 e. The van der Waals surface area contributed by atoms with Gasteiger partial charge in [-0.25, -0.2) is 0 Å². The van der Waals surface area contributed by atoms with E-state index in [1.807, 2.05) is 43.0 Å². The van der Waals surface area contributed by atoms with Crippen molar-refractivity contribution in [1.29, 1.82) is 0 Å². The van der Waals surface area contributed by atoms with Crippen molar-refractivity contribution in [1.82, 2.24) is 5.32 Å². The van der Waals surface area contributed by atoms with Crippen LogP contribution in [-0.4, -0.2) is 30.0 Å². The Labute approximate surface area is 125 Å². The van der Waals surface area contributed by atoms with E-state index >= 15 is 0 Å². The van der Waals surface area contributed by atoms with Gasteiger partial charge in [-0.1, -0.05) is 25.0 Å². The lowest BCUT2D eigenvalue weighted by Gasteiger charge is -2.30. The Bertz CT molecular complexity index is 450. The molecule has 0 spiro atoms. The summed E-state index contributed by atoms with van der Waals surface area (Å²) in [4.78, 5) is 12.0. The Morgan fingerprint density at radius 2 is 2.15 bits per heavy atom. The van der Waals surface area contributed by atoms with Crippen molar-refractivity contribution in [2.45, 2.75) is 43.9 Å². The number of amides is 1. The molecule has 1 fully saturated rings. The molecule has 2 unspecified atom stereocenters. The minimum absolute atomic E-state index is 0.0426. The summed E-state index contributed by atoms with van der Waals surface area (Å²) in [6.07, 6.45) is 7.20. The van der Waals surface area contributed by atoms with Gasteiger partial charge in [0.05, 0.1) is 6.54 Å². The Morgan fingerprint density at radius 3 is 2.90 bits per heavy atom. The molecular weight excluding hydrogens is 268 g/mol. The monoisotopic (exact) mass is 292 g/mol. The average molecular weight is 292 g/mol. The van der Waals surface area contributed by atoms with Crippen LogP contribution in [0.3, 0.4) is 0 Å². The van der Waals surface area contributed by atoms with Gasteiger partial charge in [-0.2, -0.15) is 11.8 Å². The number of hydrogen-bond acceptors (Lipinski definition) is 3. The van der Waals surface area contributed by atoms with Gasteiger partial charge in [-0.3, -0.25) is 4.79 Å². The molecule has 1 saturated carbocycles. The second-order valence-electron chi connectivity index (χ2n) is 5.46. The molecule has 1 aliphatic rings. The second kappa shape index (κ2) is 7.70. The number of thioether (sulfide) groups is 1. The molecule has 4 heteroatoms. The van der Waals surface area contributed by atoms with E-state index in [4.69, 9.17) is 0 Å². The van der Waals surface area contributed by atoms with E-state index in [0.717, 1.165) is 11.3 Å². The fraction of sp³-hybridized carbons (Fsp3) is 0.562. The molecular formula is C16H24N2OS. The number of benzene rings is 1. The molecule has 3 nitrogen and oxygen atoms in total. The first-order valence-electron chi connectivity index (χ1n) is 7.32. The van der Waals surface area contributed by atoms with Crippen LogP contribution < -0.4 is 10.6 Å². The molecule has 20 heavy (non-hydrogen) atoms. The Hall–Kier alpha value is -1.00. The molecule has 2 atom stereocenters. The molecule has 0 saturated heterocycles. The third kappa shape index (κ3) is 4.53. The summed E-state index contributed by atoms with van der Waals surface area (Å²) in [6, 6.07) is 8.38. The number of carbonyl (C=O) groups excluding carboxylic acids is 1. The fourth-order valence-electron chi connectivity index (χ4n) is 2.76. The Kier molecular flexibility index (Phi) is 5.92. The first-order chi connectivity index (χ1) is 9.69. The van der Waals surface area contributed by atoms with Crippen LogP contribution >= 0.6 is 11.8 Å². The van der Waals surface area contributed by atoms with Gasteiger partial charge in [-0.05, 0) is 43.7 Å². The highest BCUT2D eigenvalue weighted by Gasteiger charge is 2.24. The van der Waals surface area contributed by atoms with Crippen molar-refractivity contribution in [2.75, 3.05) is 18.1 Å². The summed E-state index contributed by atoms with van der Waals surface area (Å²) in [5.41, 5.74) is 2.03. The maximum atomic E-state index is 12.0. The van der Waals surface area contributed by atoms with Crippen molar-refractivity contribution in [2.24, 2.45) is 0 Å². The standard InChI is InChI=1S/C16H24N2OS/c1-12-6-5-7-13(10-12)18-16(19)11-17-14-8-3-4-9-15(14)20-2/h5-7,10,14-15,17H,3-4,8-9,11H2,1-2H3,(H,18,19). The SMILES string of the molecule is CSC1CCCCC1NCC(=O)Nc1cccc(C)c1. The number of rotatable bonds is 5. The third-order valence-electron chi connectivity index (χ3n) is 3.83. The van der Waals surface area contributed by atoms with Gasteiger partial charge in [0.15, 0.2) is 0 Å². The third-order valence-corrected chi connectivity index (χ3v) is 5.00. The lowest BCUT2D eigenvalue weighted by molar-refractivity contribution is -0.115. The molecule has 2 N–H and O–H groups in total. The van der Waals surface area contributed by atoms with Crippen LogP contribution in [0.2, 0.25) is 0 Å². The zero-order valence-corrected chi connectivity index (χ0v) is 13.1. The molecule has 110 valence electrons. The lowest BCUT2D eigenvalue weighted by Crippen LogP contribution is -2.43. The van der Waals surface area contributed by atoms with Crippen LogP contribution in [0.1, 0.15) is 31.2 Å². The molecule has 2 rings (SSSR count). The quantitative estimate of drug-likeness (QED) is 0.875. The van der Waals surface area contributed by atoms with E-state index in [9.17, 15) is 4.79 Å². The van der Waals surface area contributed by atoms with Crippen LogP contribution in [0.4, 0.5) is 5.69 Å². The highest BCUT2D eigenvalue weighted by Crippen LogP contribution is 2.26. The Balaban J connectivity index is 1.79. The van der Waals surface area contributed by atoms with Gasteiger partial charge in [0, 0.05) is 17.0 Å². The number of carbonyl (C=O) groups is 1. The second-order valence-corrected chi connectivity index (χ2v) is 6.54. The van der Waals surface area contributed by atoms with Crippen molar-refractivity contribution >= 4 is 23.4 Å². The van der Waals surface area contributed by atoms with Crippen LogP contribution in [0.5, 0.6) is 0 Å². The normalized spacial score (nSPS) is 22.5. The number of nitrogens with one attached hydrogen (secondary N) is 2. The van der Waals surface area contributed by atoms with E-state index in [-0.39, 0.29) is 5.91 Å². The van der Waals surface area contributed by atoms with Crippen LogP contribution in [0, 0.1) is 6.92 Å². The van der Waals surface area contributed by atoms with Crippen molar-refractivity contribution < 1.29 is 4.79 Å². The molecule has 0 aliphatic heterocycles. The van der Waals surface area contributed by atoms with Gasteiger partial charge in [0.1, 0.15) is 0 Å². The average Bonchev–Trinajstić information content (AvgIpc) is 2.45. The summed E-state index contributed by atoms with van der Waals surface area (Å²) in [5.74, 6) is 0.0426. The van der Waals surface area contributed by atoms with Gasteiger partial charge in [-0.15, -0.1) is 0 Å². The van der Waals surface area contributed by atoms with Crippen molar-refractivity contribution in [3.63, 3.8) is 0 Å². The summed E-state index contributed by atoms with van der Waals surface area (Å²) in [5, 5.41) is 7.02. The predicted octanol–water partition coefficient (Wildman–Crippen LogP) is 3.20. The first kappa shape index (κ1) is 15.4.